The van der Waals surface area contributed by atoms with E-state index in [-0.39, 0.29) is 12.6 Å². The number of amides is 2. The van der Waals surface area contributed by atoms with Gasteiger partial charge in [0, 0.05) is 6.54 Å². The number of likely N-dealkylation sites (tertiary alicyclic amines) is 1. The first-order valence-corrected chi connectivity index (χ1v) is 5.87. The fraction of sp³-hybridized carbons (Fsp3) is 0.818. The third-order valence-electron chi connectivity index (χ3n) is 3.41. The summed E-state index contributed by atoms with van der Waals surface area (Å²) in [5, 5.41) is 20.7. The number of urea groups is 1. The van der Waals surface area contributed by atoms with E-state index in [1.165, 1.54) is 11.8 Å². The van der Waals surface area contributed by atoms with E-state index < -0.39 is 17.5 Å². The Hall–Kier alpha value is -1.30. The molecular weight excluding hydrogens is 224 g/mol. The molecule has 1 aliphatic heterocycles. The van der Waals surface area contributed by atoms with E-state index in [2.05, 4.69) is 5.32 Å². The second-order valence-corrected chi connectivity index (χ2v) is 4.59. The largest absolute Gasteiger partial charge is 0.480 e. The normalized spacial score (nSPS) is 23.2. The Balaban J connectivity index is 2.68. The van der Waals surface area contributed by atoms with Gasteiger partial charge >= 0.3 is 12.0 Å². The van der Waals surface area contributed by atoms with Crippen LogP contribution >= 0.6 is 0 Å². The minimum atomic E-state index is -1.25. The number of carbonyl (C=O) groups is 2. The molecule has 6 nitrogen and oxygen atoms in total. The summed E-state index contributed by atoms with van der Waals surface area (Å²) in [5.74, 6) is -1.05. The Morgan fingerprint density at radius 2 is 2.18 bits per heavy atom. The lowest BCUT2D eigenvalue weighted by atomic mass is 10.00. The highest BCUT2D eigenvalue weighted by Gasteiger charge is 2.36. The van der Waals surface area contributed by atoms with Crippen LogP contribution in [0.1, 0.15) is 33.1 Å². The first-order chi connectivity index (χ1) is 7.94. The van der Waals surface area contributed by atoms with E-state index in [9.17, 15) is 9.59 Å². The average Bonchev–Trinajstić information content (AvgIpc) is 2.76. The van der Waals surface area contributed by atoms with E-state index in [1.54, 1.807) is 6.92 Å². The molecule has 0 bridgehead atoms. The molecule has 0 spiro atoms. The maximum Gasteiger partial charge on any atom is 0.329 e. The number of nitrogens with zero attached hydrogens (tertiary/aromatic N) is 1. The number of hydrogen-bond acceptors (Lipinski definition) is 3. The lowest BCUT2D eigenvalue weighted by molar-refractivity contribution is -0.143. The summed E-state index contributed by atoms with van der Waals surface area (Å²) in [6.45, 7) is 3.68. The molecule has 2 amide bonds. The van der Waals surface area contributed by atoms with Crippen LogP contribution in [0, 0.1) is 0 Å². The Morgan fingerprint density at radius 1 is 1.53 bits per heavy atom. The maximum absolute atomic E-state index is 11.9. The number of hydrogen-bond donors (Lipinski definition) is 3. The molecular formula is C11H20N2O4. The van der Waals surface area contributed by atoms with Crippen LogP contribution in [0.5, 0.6) is 0 Å². The van der Waals surface area contributed by atoms with Gasteiger partial charge < -0.3 is 20.4 Å². The summed E-state index contributed by atoms with van der Waals surface area (Å²) in [5.41, 5.74) is -1.25. The third kappa shape index (κ3) is 2.88. The van der Waals surface area contributed by atoms with Crippen molar-refractivity contribution in [3.05, 3.63) is 0 Å². The van der Waals surface area contributed by atoms with Crippen LogP contribution in [0.25, 0.3) is 0 Å². The van der Waals surface area contributed by atoms with Gasteiger partial charge in [0.1, 0.15) is 5.54 Å². The molecule has 17 heavy (non-hydrogen) atoms. The van der Waals surface area contributed by atoms with Gasteiger partial charge in [-0.3, -0.25) is 0 Å². The van der Waals surface area contributed by atoms with Gasteiger partial charge in [-0.15, -0.1) is 0 Å². The van der Waals surface area contributed by atoms with Crippen LogP contribution in [0.15, 0.2) is 0 Å². The standard InChI is InChI=1S/C11H20N2O4/c1-3-11(2,9(15)16)12-10(17)13-6-4-5-8(13)7-14/h8,14H,3-7H2,1-2H3,(H,12,17)(H,15,16). The highest BCUT2D eigenvalue weighted by atomic mass is 16.4. The maximum atomic E-state index is 11.9. The first kappa shape index (κ1) is 13.8. The molecule has 2 atom stereocenters. The second-order valence-electron chi connectivity index (χ2n) is 4.59. The van der Waals surface area contributed by atoms with Crippen molar-refractivity contribution in [2.24, 2.45) is 0 Å². The van der Waals surface area contributed by atoms with Gasteiger partial charge in [0.15, 0.2) is 0 Å². The topological polar surface area (TPSA) is 89.9 Å². The molecule has 98 valence electrons. The van der Waals surface area contributed by atoms with Gasteiger partial charge in [0.25, 0.3) is 0 Å². The molecule has 2 unspecified atom stereocenters. The Bertz CT molecular complexity index is 308. The predicted octanol–water partition coefficient (Wildman–Crippen LogP) is 0.406. The quantitative estimate of drug-likeness (QED) is 0.668. The Kier molecular flexibility index (Phi) is 4.34. The number of rotatable bonds is 4. The Labute approximate surface area is 101 Å². The molecule has 0 aromatic rings. The van der Waals surface area contributed by atoms with Crippen molar-refractivity contribution < 1.29 is 19.8 Å². The predicted molar refractivity (Wildman–Crippen MR) is 61.7 cm³/mol. The fourth-order valence-electron chi connectivity index (χ4n) is 1.89. The molecule has 1 rings (SSSR count). The van der Waals surface area contributed by atoms with Crippen LogP contribution in [-0.4, -0.2) is 51.8 Å². The molecule has 6 heteroatoms. The fourth-order valence-corrected chi connectivity index (χ4v) is 1.89. The van der Waals surface area contributed by atoms with Crippen LogP contribution in [0.2, 0.25) is 0 Å². The molecule has 0 saturated carbocycles. The highest BCUT2D eigenvalue weighted by molar-refractivity contribution is 5.86. The van der Waals surface area contributed by atoms with Crippen molar-refractivity contribution in [1.29, 1.82) is 0 Å². The number of aliphatic carboxylic acids is 1. The number of aliphatic hydroxyl groups is 1. The van der Waals surface area contributed by atoms with Gasteiger partial charge in [-0.2, -0.15) is 0 Å². The minimum Gasteiger partial charge on any atom is -0.480 e. The summed E-state index contributed by atoms with van der Waals surface area (Å²) < 4.78 is 0. The molecule has 3 N–H and O–H groups in total. The minimum absolute atomic E-state index is 0.0800. The number of carbonyl (C=O) groups excluding carboxylic acids is 1. The van der Waals surface area contributed by atoms with E-state index in [4.69, 9.17) is 10.2 Å². The van der Waals surface area contributed by atoms with Gasteiger partial charge in [0.2, 0.25) is 0 Å². The Morgan fingerprint density at radius 3 is 2.65 bits per heavy atom. The smallest absolute Gasteiger partial charge is 0.329 e. The molecule has 0 radical (unpaired) electrons. The van der Waals surface area contributed by atoms with Crippen molar-refractivity contribution in [2.75, 3.05) is 13.2 Å². The summed E-state index contributed by atoms with van der Waals surface area (Å²) in [6.07, 6.45) is 1.92. The molecule has 1 heterocycles. The number of nitrogens with one attached hydrogen (secondary N) is 1. The second kappa shape index (κ2) is 5.35. The lowest BCUT2D eigenvalue weighted by Gasteiger charge is -2.30. The zero-order chi connectivity index (χ0) is 13.1. The molecule has 1 saturated heterocycles. The first-order valence-electron chi connectivity index (χ1n) is 5.87. The van der Waals surface area contributed by atoms with Crippen LogP contribution in [0.4, 0.5) is 4.79 Å². The SMILES string of the molecule is CCC(C)(NC(=O)N1CCCC1CO)C(=O)O. The van der Waals surface area contributed by atoms with Gasteiger partial charge in [-0.1, -0.05) is 6.92 Å². The van der Waals surface area contributed by atoms with E-state index >= 15 is 0 Å². The van der Waals surface area contributed by atoms with Crippen molar-refractivity contribution in [1.82, 2.24) is 10.2 Å². The zero-order valence-corrected chi connectivity index (χ0v) is 10.3. The van der Waals surface area contributed by atoms with E-state index in [0.29, 0.717) is 13.0 Å². The van der Waals surface area contributed by atoms with E-state index in [0.717, 1.165) is 12.8 Å². The van der Waals surface area contributed by atoms with Crippen molar-refractivity contribution in [3.8, 4) is 0 Å². The molecule has 0 aromatic heterocycles. The average molecular weight is 244 g/mol. The third-order valence-corrected chi connectivity index (χ3v) is 3.41. The van der Waals surface area contributed by atoms with Crippen molar-refractivity contribution >= 4 is 12.0 Å². The number of aliphatic hydroxyl groups excluding tert-OH is 1. The van der Waals surface area contributed by atoms with Crippen LogP contribution < -0.4 is 5.32 Å². The summed E-state index contributed by atoms with van der Waals surface area (Å²) in [6, 6.07) is -0.599. The van der Waals surface area contributed by atoms with Crippen molar-refractivity contribution in [2.45, 2.75) is 44.7 Å². The van der Waals surface area contributed by atoms with E-state index in [1.807, 2.05) is 0 Å². The molecule has 0 aliphatic carbocycles. The van der Waals surface area contributed by atoms with Crippen LogP contribution in [-0.2, 0) is 4.79 Å². The zero-order valence-electron chi connectivity index (χ0n) is 10.3. The highest BCUT2D eigenvalue weighted by Crippen LogP contribution is 2.18. The van der Waals surface area contributed by atoms with Gasteiger partial charge in [-0.05, 0) is 26.2 Å². The molecule has 1 aliphatic rings. The molecule has 1 fully saturated rings. The number of carboxylic acid groups (broad SMARTS) is 1. The molecule has 0 aromatic carbocycles. The van der Waals surface area contributed by atoms with Gasteiger partial charge in [-0.25, -0.2) is 9.59 Å². The monoisotopic (exact) mass is 244 g/mol. The lowest BCUT2D eigenvalue weighted by Crippen LogP contribution is -2.56. The summed E-state index contributed by atoms with van der Waals surface area (Å²) in [4.78, 5) is 24.5. The summed E-state index contributed by atoms with van der Waals surface area (Å²) >= 11 is 0. The van der Waals surface area contributed by atoms with Crippen molar-refractivity contribution in [3.63, 3.8) is 0 Å². The van der Waals surface area contributed by atoms with Gasteiger partial charge in [0.05, 0.1) is 12.6 Å². The number of carboxylic acids is 1. The van der Waals surface area contributed by atoms with Crippen LogP contribution in [0.3, 0.4) is 0 Å². The summed E-state index contributed by atoms with van der Waals surface area (Å²) in [7, 11) is 0.